The fourth-order valence-corrected chi connectivity index (χ4v) is 1.57. The van der Waals surface area contributed by atoms with E-state index in [1.54, 1.807) is 0 Å². The van der Waals surface area contributed by atoms with Crippen LogP contribution in [0.25, 0.3) is 0 Å². The van der Waals surface area contributed by atoms with Crippen molar-refractivity contribution in [1.82, 2.24) is 4.57 Å². The molecule has 4 nitrogen and oxygen atoms in total. The van der Waals surface area contributed by atoms with Gasteiger partial charge in [0.2, 0.25) is 6.33 Å². The summed E-state index contributed by atoms with van der Waals surface area (Å²) in [6, 6.07) is 0. The molecule has 1 rings (SSSR count). The number of imidazole rings is 1. The van der Waals surface area contributed by atoms with Gasteiger partial charge in [-0.15, -0.1) is 0 Å². The van der Waals surface area contributed by atoms with Crippen molar-refractivity contribution in [2.75, 3.05) is 0 Å². The topological polar surface area (TPSA) is 48.9 Å². The van der Waals surface area contributed by atoms with Gasteiger partial charge < -0.3 is 9.90 Å². The van der Waals surface area contributed by atoms with E-state index in [0.29, 0.717) is 0 Å². The maximum Gasteiger partial charge on any atom is 0.243 e. The lowest BCUT2D eigenvalue weighted by molar-refractivity contribution is -0.670. The molecule has 0 aliphatic heterocycles. The standard InChI is InChI=1S/C9H18O2.C5H9N2/c1-8(2)6-4-3-5-7-9(10)11;1-6-3-4-7(2)5-6/h8H,3-7H2,1-2H3,(H,10,11);3-5H,1-2H3/q;+1/p-1. The number of carbonyl (C=O) groups is 1. The Morgan fingerprint density at radius 3 is 2.33 bits per heavy atom. The third-order valence-corrected chi connectivity index (χ3v) is 2.56. The van der Waals surface area contributed by atoms with Gasteiger partial charge in [-0.05, 0) is 18.8 Å². The van der Waals surface area contributed by atoms with Crippen LogP contribution in [0.15, 0.2) is 18.7 Å². The second-order valence-electron chi connectivity index (χ2n) is 5.11. The molecule has 0 bridgehead atoms. The molecule has 104 valence electrons. The Balaban J connectivity index is 0.000000351. The number of hydrogen-bond acceptors (Lipinski definition) is 2. The summed E-state index contributed by atoms with van der Waals surface area (Å²) in [6.45, 7) is 4.36. The normalized spacial score (nSPS) is 10.1. The second-order valence-corrected chi connectivity index (χ2v) is 5.11. The molecule has 0 aliphatic rings. The van der Waals surface area contributed by atoms with Crippen molar-refractivity contribution < 1.29 is 14.5 Å². The van der Waals surface area contributed by atoms with Crippen molar-refractivity contribution in [1.29, 1.82) is 0 Å². The molecule has 0 radical (unpaired) electrons. The maximum atomic E-state index is 9.99. The van der Waals surface area contributed by atoms with Crippen LogP contribution >= 0.6 is 0 Å². The zero-order valence-electron chi connectivity index (χ0n) is 12.1. The van der Waals surface area contributed by atoms with E-state index < -0.39 is 5.97 Å². The van der Waals surface area contributed by atoms with Gasteiger partial charge in [-0.2, -0.15) is 0 Å². The molecule has 1 heterocycles. The number of carbonyl (C=O) groups excluding carboxylic acids is 1. The van der Waals surface area contributed by atoms with E-state index in [9.17, 15) is 9.90 Å². The number of aryl methyl sites for hydroxylation is 2. The minimum atomic E-state index is -0.922. The molecule has 0 atom stereocenters. The van der Waals surface area contributed by atoms with E-state index in [1.165, 1.54) is 6.42 Å². The van der Waals surface area contributed by atoms with E-state index in [0.717, 1.165) is 25.2 Å². The number of carboxylic acids is 1. The van der Waals surface area contributed by atoms with Crippen molar-refractivity contribution in [3.63, 3.8) is 0 Å². The van der Waals surface area contributed by atoms with Crippen LogP contribution in [-0.2, 0) is 18.9 Å². The fraction of sp³-hybridized carbons (Fsp3) is 0.714. The summed E-state index contributed by atoms with van der Waals surface area (Å²) in [4.78, 5) is 9.99. The van der Waals surface area contributed by atoms with Crippen LogP contribution in [0.3, 0.4) is 0 Å². The zero-order valence-corrected chi connectivity index (χ0v) is 12.1. The SMILES string of the molecule is CC(C)CCCCCC(=O)[O-].Cn1cc[n+](C)c1. The van der Waals surface area contributed by atoms with Gasteiger partial charge in [0.25, 0.3) is 0 Å². The Morgan fingerprint density at radius 2 is 2.00 bits per heavy atom. The third kappa shape index (κ3) is 11.2. The molecule has 0 aliphatic carbocycles. The Kier molecular flexibility index (Phi) is 8.97. The minimum absolute atomic E-state index is 0.220. The van der Waals surface area contributed by atoms with Crippen molar-refractivity contribution in [2.45, 2.75) is 46.0 Å². The van der Waals surface area contributed by atoms with Gasteiger partial charge in [0, 0.05) is 5.97 Å². The molecule has 18 heavy (non-hydrogen) atoms. The highest BCUT2D eigenvalue weighted by atomic mass is 16.4. The molecule has 1 aromatic rings. The van der Waals surface area contributed by atoms with Crippen LogP contribution in [0, 0.1) is 5.92 Å². The molecule has 0 spiro atoms. The molecule has 0 saturated heterocycles. The van der Waals surface area contributed by atoms with Crippen molar-refractivity contribution in [3.05, 3.63) is 18.7 Å². The highest BCUT2D eigenvalue weighted by molar-refractivity contribution is 5.63. The Hall–Kier alpha value is -1.32. The first-order valence-corrected chi connectivity index (χ1v) is 6.59. The Morgan fingerprint density at radius 1 is 1.33 bits per heavy atom. The zero-order chi connectivity index (χ0) is 14.0. The van der Waals surface area contributed by atoms with Gasteiger partial charge in [0.15, 0.2) is 0 Å². The minimum Gasteiger partial charge on any atom is -0.550 e. The largest absolute Gasteiger partial charge is 0.550 e. The van der Waals surface area contributed by atoms with E-state index in [1.807, 2.05) is 42.0 Å². The van der Waals surface area contributed by atoms with Crippen molar-refractivity contribution in [3.8, 4) is 0 Å². The summed E-state index contributed by atoms with van der Waals surface area (Å²) >= 11 is 0. The van der Waals surface area contributed by atoms with Crippen LogP contribution in [0.4, 0.5) is 0 Å². The molecule has 0 saturated carbocycles. The van der Waals surface area contributed by atoms with Gasteiger partial charge >= 0.3 is 0 Å². The summed E-state index contributed by atoms with van der Waals surface area (Å²) in [5.41, 5.74) is 0. The first-order valence-electron chi connectivity index (χ1n) is 6.59. The van der Waals surface area contributed by atoms with Gasteiger partial charge in [-0.1, -0.05) is 33.1 Å². The van der Waals surface area contributed by atoms with Crippen LogP contribution in [0.5, 0.6) is 0 Å². The first kappa shape index (κ1) is 16.7. The smallest absolute Gasteiger partial charge is 0.243 e. The van der Waals surface area contributed by atoms with Gasteiger partial charge in [0.05, 0.1) is 14.1 Å². The molecule has 1 aromatic heterocycles. The molecule has 0 N–H and O–H groups in total. The number of hydrogen-bond donors (Lipinski definition) is 0. The molecule has 4 heteroatoms. The molecule has 0 aromatic carbocycles. The van der Waals surface area contributed by atoms with E-state index in [2.05, 4.69) is 13.8 Å². The quantitative estimate of drug-likeness (QED) is 0.565. The van der Waals surface area contributed by atoms with Crippen LogP contribution in [0.2, 0.25) is 0 Å². The predicted molar refractivity (Wildman–Crippen MR) is 69.5 cm³/mol. The molecule has 0 amide bonds. The van der Waals surface area contributed by atoms with Crippen LogP contribution < -0.4 is 9.67 Å². The van der Waals surface area contributed by atoms with Gasteiger partial charge in [-0.3, -0.25) is 0 Å². The van der Waals surface area contributed by atoms with Gasteiger partial charge in [0.1, 0.15) is 12.4 Å². The third-order valence-electron chi connectivity index (χ3n) is 2.56. The van der Waals surface area contributed by atoms with Gasteiger partial charge in [-0.25, -0.2) is 9.13 Å². The summed E-state index contributed by atoms with van der Waals surface area (Å²) in [5.74, 6) is -0.187. The molecular formula is C14H26N2O2. The number of carboxylic acid groups (broad SMARTS) is 1. The molecule has 0 fully saturated rings. The second kappa shape index (κ2) is 9.68. The van der Waals surface area contributed by atoms with Crippen LogP contribution in [-0.4, -0.2) is 10.5 Å². The number of aromatic nitrogens is 2. The monoisotopic (exact) mass is 254 g/mol. The van der Waals surface area contributed by atoms with Crippen molar-refractivity contribution >= 4 is 5.97 Å². The van der Waals surface area contributed by atoms with E-state index in [4.69, 9.17) is 0 Å². The number of rotatable bonds is 6. The predicted octanol–water partition coefficient (Wildman–Crippen LogP) is 1.19. The van der Waals surface area contributed by atoms with E-state index >= 15 is 0 Å². The van der Waals surface area contributed by atoms with Crippen LogP contribution in [0.1, 0.15) is 46.0 Å². The number of unbranched alkanes of at least 4 members (excludes halogenated alkanes) is 2. The summed E-state index contributed by atoms with van der Waals surface area (Å²) < 4.78 is 4.00. The van der Waals surface area contributed by atoms with Crippen molar-refractivity contribution in [2.24, 2.45) is 20.0 Å². The average Bonchev–Trinajstić information content (AvgIpc) is 2.62. The summed E-state index contributed by atoms with van der Waals surface area (Å²) in [6.07, 6.45) is 10.4. The molecular weight excluding hydrogens is 228 g/mol. The highest BCUT2D eigenvalue weighted by Gasteiger charge is 1.93. The lowest BCUT2D eigenvalue weighted by Gasteiger charge is -2.04. The summed E-state index contributed by atoms with van der Waals surface area (Å²) in [5, 5.41) is 9.99. The lowest BCUT2D eigenvalue weighted by Crippen LogP contribution is -2.23. The van der Waals surface area contributed by atoms with E-state index in [-0.39, 0.29) is 6.42 Å². The fourth-order valence-electron chi connectivity index (χ4n) is 1.57. The number of aliphatic carboxylic acids is 1. The molecule has 0 unspecified atom stereocenters. The average molecular weight is 254 g/mol. The number of nitrogens with zero attached hydrogens (tertiary/aromatic N) is 2. The Bertz CT molecular complexity index is 316. The maximum absolute atomic E-state index is 9.99. The summed E-state index contributed by atoms with van der Waals surface area (Å²) in [7, 11) is 4.00. The Labute approximate surface area is 110 Å². The lowest BCUT2D eigenvalue weighted by atomic mass is 10.0. The first-order chi connectivity index (χ1) is 8.41. The highest BCUT2D eigenvalue weighted by Crippen LogP contribution is 2.08.